The number of para-hydroxylation sites is 1. The molecule has 3 aromatic carbocycles. The summed E-state index contributed by atoms with van der Waals surface area (Å²) in [6.07, 6.45) is 0. The number of aryl methyl sites for hydroxylation is 3. The van der Waals surface area contributed by atoms with Crippen molar-refractivity contribution >= 4 is 21.6 Å². The summed E-state index contributed by atoms with van der Waals surface area (Å²) >= 11 is 0. The largest absolute Gasteiger partial charge is 0.348 e. The second-order valence-corrected chi connectivity index (χ2v) is 9.79. The predicted molar refractivity (Wildman–Crippen MR) is 125 cm³/mol. The van der Waals surface area contributed by atoms with Crippen LogP contribution in [0.15, 0.2) is 71.6 Å². The first-order valence-corrected chi connectivity index (χ1v) is 11.7. The number of carbonyl (C=O) groups excluding carboxylic acids is 1. The van der Waals surface area contributed by atoms with Crippen molar-refractivity contribution in [2.24, 2.45) is 0 Å². The van der Waals surface area contributed by atoms with Crippen LogP contribution in [0.3, 0.4) is 0 Å². The Balaban J connectivity index is 1.92. The van der Waals surface area contributed by atoms with E-state index in [1.165, 1.54) is 36.4 Å². The second-order valence-electron chi connectivity index (χ2n) is 7.93. The smallest absolute Gasteiger partial charge is 0.264 e. The first kappa shape index (κ1) is 23.5. The maximum absolute atomic E-state index is 14.6. The van der Waals surface area contributed by atoms with Crippen LogP contribution in [-0.4, -0.2) is 20.9 Å². The number of rotatable bonds is 7. The van der Waals surface area contributed by atoms with Crippen LogP contribution in [0.25, 0.3) is 0 Å². The molecule has 0 radical (unpaired) electrons. The van der Waals surface area contributed by atoms with E-state index >= 15 is 0 Å². The Morgan fingerprint density at radius 1 is 0.969 bits per heavy atom. The van der Waals surface area contributed by atoms with E-state index in [0.717, 1.165) is 26.6 Å². The van der Waals surface area contributed by atoms with Gasteiger partial charge in [0, 0.05) is 0 Å². The number of carbonyl (C=O) groups is 1. The Hall–Kier alpha value is -3.19. The SMILES string of the molecule is Cc1ccc(S(=O)(=O)N(CC(=O)NC(C)c2cc(C)ccc2C)c2ccccc2F)cc1. The quantitative estimate of drug-likeness (QED) is 0.556. The number of hydrogen-bond acceptors (Lipinski definition) is 3. The molecule has 0 aromatic heterocycles. The highest BCUT2D eigenvalue weighted by molar-refractivity contribution is 7.92. The van der Waals surface area contributed by atoms with Crippen molar-refractivity contribution < 1.29 is 17.6 Å². The van der Waals surface area contributed by atoms with E-state index in [0.29, 0.717) is 0 Å². The molecular weight excluding hydrogens is 427 g/mol. The number of sulfonamides is 1. The van der Waals surface area contributed by atoms with Gasteiger partial charge >= 0.3 is 0 Å². The van der Waals surface area contributed by atoms with Gasteiger partial charge in [-0.1, -0.05) is 53.6 Å². The van der Waals surface area contributed by atoms with Gasteiger partial charge in [-0.3, -0.25) is 9.10 Å². The van der Waals surface area contributed by atoms with Crippen molar-refractivity contribution in [3.05, 3.63) is 94.8 Å². The lowest BCUT2D eigenvalue weighted by Crippen LogP contribution is -2.42. The monoisotopic (exact) mass is 454 g/mol. The summed E-state index contributed by atoms with van der Waals surface area (Å²) in [4.78, 5) is 12.9. The first-order chi connectivity index (χ1) is 15.1. The molecule has 0 aliphatic carbocycles. The number of nitrogens with one attached hydrogen (secondary N) is 1. The normalized spacial score (nSPS) is 12.3. The van der Waals surface area contributed by atoms with Gasteiger partial charge in [-0.05, 0) is 63.1 Å². The van der Waals surface area contributed by atoms with Gasteiger partial charge in [-0.2, -0.15) is 0 Å². The zero-order chi connectivity index (χ0) is 23.5. The molecule has 7 heteroatoms. The molecule has 0 aliphatic heterocycles. The molecule has 1 atom stereocenters. The van der Waals surface area contributed by atoms with Gasteiger partial charge in [0.1, 0.15) is 12.4 Å². The molecule has 1 N–H and O–H groups in total. The minimum atomic E-state index is -4.17. The fourth-order valence-corrected chi connectivity index (χ4v) is 4.94. The maximum Gasteiger partial charge on any atom is 0.264 e. The Labute approximate surface area is 188 Å². The highest BCUT2D eigenvalue weighted by Gasteiger charge is 2.29. The van der Waals surface area contributed by atoms with Crippen molar-refractivity contribution in [3.8, 4) is 0 Å². The molecule has 3 aromatic rings. The van der Waals surface area contributed by atoms with Crippen molar-refractivity contribution in [1.29, 1.82) is 0 Å². The second kappa shape index (κ2) is 9.53. The van der Waals surface area contributed by atoms with Gasteiger partial charge in [-0.25, -0.2) is 12.8 Å². The first-order valence-electron chi connectivity index (χ1n) is 10.3. The molecule has 5 nitrogen and oxygen atoms in total. The third-order valence-corrected chi connectivity index (χ3v) is 7.07. The molecule has 1 unspecified atom stereocenters. The highest BCUT2D eigenvalue weighted by Crippen LogP contribution is 2.27. The van der Waals surface area contributed by atoms with Crippen LogP contribution in [-0.2, 0) is 14.8 Å². The van der Waals surface area contributed by atoms with Gasteiger partial charge < -0.3 is 5.32 Å². The van der Waals surface area contributed by atoms with Gasteiger partial charge in [0.2, 0.25) is 5.91 Å². The number of amides is 1. The van der Waals surface area contributed by atoms with E-state index in [9.17, 15) is 17.6 Å². The molecule has 0 aliphatic rings. The van der Waals surface area contributed by atoms with Crippen LogP contribution < -0.4 is 9.62 Å². The van der Waals surface area contributed by atoms with E-state index in [4.69, 9.17) is 0 Å². The molecular formula is C25H27FN2O3S. The van der Waals surface area contributed by atoms with E-state index < -0.39 is 28.3 Å². The van der Waals surface area contributed by atoms with Crippen LogP contribution in [0.5, 0.6) is 0 Å². The summed E-state index contributed by atoms with van der Waals surface area (Å²) in [7, 11) is -4.17. The molecule has 0 spiro atoms. The Morgan fingerprint density at radius 3 is 2.25 bits per heavy atom. The predicted octanol–water partition coefficient (Wildman–Crippen LogP) is 4.82. The third-order valence-electron chi connectivity index (χ3n) is 5.30. The number of benzene rings is 3. The van der Waals surface area contributed by atoms with Crippen molar-refractivity contribution in [2.45, 2.75) is 38.6 Å². The number of hydrogen-bond donors (Lipinski definition) is 1. The number of halogens is 1. The fraction of sp³-hybridized carbons (Fsp3) is 0.240. The topological polar surface area (TPSA) is 66.5 Å². The van der Waals surface area contributed by atoms with E-state index in [1.807, 2.05) is 45.9 Å². The maximum atomic E-state index is 14.6. The molecule has 168 valence electrons. The third kappa shape index (κ3) is 5.16. The van der Waals surface area contributed by atoms with Crippen LogP contribution in [0.4, 0.5) is 10.1 Å². The van der Waals surface area contributed by atoms with E-state index in [1.54, 1.807) is 12.1 Å². The molecule has 3 rings (SSSR count). The van der Waals surface area contributed by atoms with Gasteiger partial charge in [-0.15, -0.1) is 0 Å². The molecule has 0 heterocycles. The Kier molecular flexibility index (Phi) is 6.99. The van der Waals surface area contributed by atoms with Crippen LogP contribution in [0.1, 0.15) is 35.2 Å². The summed E-state index contributed by atoms with van der Waals surface area (Å²) < 4.78 is 42.1. The molecule has 0 saturated carbocycles. The average Bonchev–Trinajstić information content (AvgIpc) is 2.74. The van der Waals surface area contributed by atoms with Gasteiger partial charge in [0.15, 0.2) is 0 Å². The summed E-state index contributed by atoms with van der Waals surface area (Å²) in [6.45, 7) is 7.04. The summed E-state index contributed by atoms with van der Waals surface area (Å²) in [5.74, 6) is -1.25. The van der Waals surface area contributed by atoms with Gasteiger partial charge in [0.05, 0.1) is 16.6 Å². The molecule has 32 heavy (non-hydrogen) atoms. The lowest BCUT2D eigenvalue weighted by molar-refractivity contribution is -0.120. The zero-order valence-electron chi connectivity index (χ0n) is 18.6. The lowest BCUT2D eigenvalue weighted by Gasteiger charge is -2.26. The number of anilines is 1. The van der Waals surface area contributed by atoms with E-state index in [2.05, 4.69) is 5.32 Å². The minimum Gasteiger partial charge on any atom is -0.348 e. The Morgan fingerprint density at radius 2 is 1.59 bits per heavy atom. The van der Waals surface area contributed by atoms with Crippen LogP contribution in [0.2, 0.25) is 0 Å². The van der Waals surface area contributed by atoms with Crippen LogP contribution >= 0.6 is 0 Å². The molecule has 0 bridgehead atoms. The standard InChI is InChI=1S/C25H27FN2O3S/c1-17-10-13-21(14-11-17)32(30,31)28(24-8-6-5-7-23(24)26)16-25(29)27-20(4)22-15-18(2)9-12-19(22)3/h5-15,20H,16H2,1-4H3,(H,27,29). The minimum absolute atomic E-state index is 0.0123. The fourth-order valence-electron chi connectivity index (χ4n) is 3.51. The Bertz CT molecular complexity index is 1220. The van der Waals surface area contributed by atoms with Gasteiger partial charge in [0.25, 0.3) is 10.0 Å². The van der Waals surface area contributed by atoms with Crippen molar-refractivity contribution in [2.75, 3.05) is 10.8 Å². The molecule has 0 saturated heterocycles. The number of nitrogens with zero attached hydrogens (tertiary/aromatic N) is 1. The van der Waals surface area contributed by atoms with Crippen molar-refractivity contribution in [1.82, 2.24) is 5.32 Å². The van der Waals surface area contributed by atoms with Crippen LogP contribution in [0, 0.1) is 26.6 Å². The summed E-state index contributed by atoms with van der Waals surface area (Å²) in [5, 5.41) is 2.85. The zero-order valence-corrected chi connectivity index (χ0v) is 19.4. The average molecular weight is 455 g/mol. The molecule has 1 amide bonds. The summed E-state index contributed by atoms with van der Waals surface area (Å²) in [5.41, 5.74) is 3.73. The molecule has 0 fully saturated rings. The van der Waals surface area contributed by atoms with E-state index in [-0.39, 0.29) is 16.6 Å². The summed E-state index contributed by atoms with van der Waals surface area (Å²) in [6, 6.07) is 17.4. The van der Waals surface area contributed by atoms with Crippen molar-refractivity contribution in [3.63, 3.8) is 0 Å². The highest BCUT2D eigenvalue weighted by atomic mass is 32.2. The lowest BCUT2D eigenvalue weighted by atomic mass is 10.00.